The molecule has 0 radical (unpaired) electrons. The van der Waals surface area contributed by atoms with E-state index < -0.39 is 5.82 Å². The van der Waals surface area contributed by atoms with Gasteiger partial charge in [-0.2, -0.15) is 0 Å². The predicted molar refractivity (Wildman–Crippen MR) is 101 cm³/mol. The Morgan fingerprint density at radius 2 is 2.07 bits per heavy atom. The van der Waals surface area contributed by atoms with Crippen LogP contribution in [0.2, 0.25) is 0 Å². The molecule has 3 aromatic rings. The molecule has 1 aliphatic rings. The minimum atomic E-state index is -0.473. The van der Waals surface area contributed by atoms with E-state index in [0.717, 1.165) is 11.1 Å². The van der Waals surface area contributed by atoms with E-state index in [2.05, 4.69) is 15.6 Å². The van der Waals surface area contributed by atoms with Gasteiger partial charge < -0.3 is 19.9 Å². The van der Waals surface area contributed by atoms with Gasteiger partial charge in [0.15, 0.2) is 11.6 Å². The van der Waals surface area contributed by atoms with Crippen LogP contribution < -0.4 is 15.4 Å². The van der Waals surface area contributed by atoms with Crippen LogP contribution in [-0.2, 0) is 0 Å². The maximum absolute atomic E-state index is 14.1. The number of carbonyl (C=O) groups is 1. The topological polar surface area (TPSA) is 68.2 Å². The fraction of sp³-hybridized carbons (Fsp3) is 0.200. The van der Waals surface area contributed by atoms with Crippen LogP contribution in [0.4, 0.5) is 15.8 Å². The number of aromatic nitrogens is 2. The molecule has 1 atom stereocenters. The van der Waals surface area contributed by atoms with Crippen LogP contribution in [0.25, 0.3) is 11.1 Å². The Morgan fingerprint density at radius 1 is 1.30 bits per heavy atom. The van der Waals surface area contributed by atoms with Crippen molar-refractivity contribution in [2.45, 2.75) is 13.0 Å². The zero-order chi connectivity index (χ0) is 19.0. The standard InChI is InChI=1S/C20H19FN4O2/c1-12-10-23-20(26)18-17(24-16-5-3-4-15(21)19(16)27-2)14(11-25(12)18)13-6-8-22-9-7-13/h3-9,11-12,24H,10H2,1-2H3,(H,23,26). The normalized spacial score (nSPS) is 15.8. The van der Waals surface area contributed by atoms with Gasteiger partial charge in [-0.25, -0.2) is 4.39 Å². The summed E-state index contributed by atoms with van der Waals surface area (Å²) >= 11 is 0. The van der Waals surface area contributed by atoms with Crippen LogP contribution in [0, 0.1) is 5.82 Å². The number of hydrogen-bond donors (Lipinski definition) is 2. The van der Waals surface area contributed by atoms with Gasteiger partial charge in [-0.3, -0.25) is 9.78 Å². The summed E-state index contributed by atoms with van der Waals surface area (Å²) in [5, 5.41) is 6.12. The van der Waals surface area contributed by atoms with Gasteiger partial charge in [0.25, 0.3) is 5.91 Å². The molecule has 1 amide bonds. The van der Waals surface area contributed by atoms with Crippen molar-refractivity contribution in [3.63, 3.8) is 0 Å². The summed E-state index contributed by atoms with van der Waals surface area (Å²) < 4.78 is 21.3. The third kappa shape index (κ3) is 2.91. The van der Waals surface area contributed by atoms with Crippen molar-refractivity contribution in [3.05, 3.63) is 60.4 Å². The molecule has 27 heavy (non-hydrogen) atoms. The Labute approximate surface area is 156 Å². The van der Waals surface area contributed by atoms with Crippen molar-refractivity contribution in [1.82, 2.24) is 14.9 Å². The Hall–Kier alpha value is -3.35. The third-order valence-corrected chi connectivity index (χ3v) is 4.70. The predicted octanol–water partition coefficient (Wildman–Crippen LogP) is 3.75. The number of pyridine rings is 1. The molecule has 1 aliphatic heterocycles. The molecule has 0 saturated carbocycles. The number of methoxy groups -OCH3 is 1. The number of carbonyl (C=O) groups excluding carboxylic acids is 1. The van der Waals surface area contributed by atoms with E-state index in [-0.39, 0.29) is 17.7 Å². The van der Waals surface area contributed by atoms with E-state index in [0.29, 0.717) is 23.6 Å². The molecular weight excluding hydrogens is 347 g/mol. The molecule has 6 nitrogen and oxygen atoms in total. The summed E-state index contributed by atoms with van der Waals surface area (Å²) in [7, 11) is 1.41. The molecule has 1 unspecified atom stereocenters. The van der Waals surface area contributed by atoms with E-state index in [4.69, 9.17) is 4.74 Å². The number of anilines is 2. The Bertz CT molecular complexity index is 1000. The molecular formula is C20H19FN4O2. The Balaban J connectivity index is 1.91. The molecule has 0 saturated heterocycles. The third-order valence-electron chi connectivity index (χ3n) is 4.70. The molecule has 4 rings (SSSR count). The molecule has 7 heteroatoms. The highest BCUT2D eigenvalue weighted by atomic mass is 19.1. The quantitative estimate of drug-likeness (QED) is 0.738. The van der Waals surface area contributed by atoms with E-state index >= 15 is 0 Å². The Kier molecular flexibility index (Phi) is 4.27. The first-order valence-corrected chi connectivity index (χ1v) is 8.63. The maximum atomic E-state index is 14.1. The monoisotopic (exact) mass is 366 g/mol. The van der Waals surface area contributed by atoms with Crippen molar-refractivity contribution >= 4 is 17.3 Å². The first kappa shape index (κ1) is 17.1. The molecule has 2 N–H and O–H groups in total. The number of para-hydroxylation sites is 1. The van der Waals surface area contributed by atoms with Crippen molar-refractivity contribution in [2.75, 3.05) is 19.0 Å². The van der Waals surface area contributed by atoms with Gasteiger partial charge in [0.2, 0.25) is 0 Å². The smallest absolute Gasteiger partial charge is 0.270 e. The van der Waals surface area contributed by atoms with Crippen molar-refractivity contribution in [2.24, 2.45) is 0 Å². The van der Waals surface area contributed by atoms with Crippen LogP contribution in [0.1, 0.15) is 23.5 Å². The number of nitrogens with zero attached hydrogens (tertiary/aromatic N) is 2. The zero-order valence-corrected chi connectivity index (χ0v) is 15.0. The summed E-state index contributed by atoms with van der Waals surface area (Å²) in [6.07, 6.45) is 5.34. The number of benzene rings is 1. The van der Waals surface area contributed by atoms with E-state index in [1.165, 1.54) is 13.2 Å². The number of hydrogen-bond acceptors (Lipinski definition) is 4. The molecule has 1 aromatic carbocycles. The van der Waals surface area contributed by atoms with Gasteiger partial charge in [-0.05, 0) is 36.8 Å². The highest BCUT2D eigenvalue weighted by Gasteiger charge is 2.29. The average Bonchev–Trinajstić information content (AvgIpc) is 3.06. The SMILES string of the molecule is COc1c(F)cccc1Nc1c(-c2ccncc2)cn2c1C(=O)NCC2C. The highest BCUT2D eigenvalue weighted by Crippen LogP contribution is 2.40. The number of rotatable bonds is 4. The highest BCUT2D eigenvalue weighted by molar-refractivity contribution is 6.04. The van der Waals surface area contributed by atoms with Gasteiger partial charge in [0.05, 0.1) is 18.5 Å². The van der Waals surface area contributed by atoms with Crippen molar-refractivity contribution in [1.29, 1.82) is 0 Å². The number of nitrogens with one attached hydrogen (secondary N) is 2. The molecule has 0 aliphatic carbocycles. The van der Waals surface area contributed by atoms with Gasteiger partial charge in [-0.15, -0.1) is 0 Å². The summed E-state index contributed by atoms with van der Waals surface area (Å²) in [4.78, 5) is 16.7. The fourth-order valence-corrected chi connectivity index (χ4v) is 3.35. The largest absolute Gasteiger partial charge is 0.492 e. The second-order valence-corrected chi connectivity index (χ2v) is 6.41. The summed E-state index contributed by atoms with van der Waals surface area (Å²) in [6, 6.07) is 8.49. The van der Waals surface area contributed by atoms with Gasteiger partial charge in [-0.1, -0.05) is 6.07 Å². The molecule has 3 heterocycles. The van der Waals surface area contributed by atoms with Gasteiger partial charge >= 0.3 is 0 Å². The summed E-state index contributed by atoms with van der Waals surface area (Å²) in [6.45, 7) is 2.59. The van der Waals surface area contributed by atoms with Crippen LogP contribution in [0.5, 0.6) is 5.75 Å². The lowest BCUT2D eigenvalue weighted by molar-refractivity contribution is 0.0919. The summed E-state index contributed by atoms with van der Waals surface area (Å²) in [5.41, 5.74) is 3.31. The first-order chi connectivity index (χ1) is 13.1. The van der Waals surface area contributed by atoms with E-state index in [1.807, 2.05) is 29.8 Å². The lowest BCUT2D eigenvalue weighted by Crippen LogP contribution is -2.37. The van der Waals surface area contributed by atoms with Crippen LogP contribution in [0.3, 0.4) is 0 Å². The molecule has 2 aromatic heterocycles. The molecule has 0 bridgehead atoms. The minimum absolute atomic E-state index is 0.0994. The van der Waals surface area contributed by atoms with Gasteiger partial charge in [0, 0.05) is 36.7 Å². The lowest BCUT2D eigenvalue weighted by atomic mass is 10.1. The number of amides is 1. The van der Waals surface area contributed by atoms with Crippen molar-refractivity contribution in [3.8, 4) is 16.9 Å². The second kappa shape index (κ2) is 6.75. The zero-order valence-electron chi connectivity index (χ0n) is 15.0. The maximum Gasteiger partial charge on any atom is 0.270 e. The number of fused-ring (bicyclic) bond motifs is 1. The van der Waals surface area contributed by atoms with Gasteiger partial charge in [0.1, 0.15) is 5.69 Å². The van der Waals surface area contributed by atoms with Crippen LogP contribution >= 0.6 is 0 Å². The van der Waals surface area contributed by atoms with Crippen molar-refractivity contribution < 1.29 is 13.9 Å². The molecule has 0 spiro atoms. The van der Waals surface area contributed by atoms with E-state index in [1.54, 1.807) is 24.5 Å². The number of halogens is 1. The number of ether oxygens (including phenoxy) is 1. The Morgan fingerprint density at radius 3 is 2.81 bits per heavy atom. The average molecular weight is 366 g/mol. The van der Waals surface area contributed by atoms with Crippen LogP contribution in [-0.4, -0.2) is 29.1 Å². The molecule has 138 valence electrons. The first-order valence-electron chi connectivity index (χ1n) is 8.63. The minimum Gasteiger partial charge on any atom is -0.492 e. The van der Waals surface area contributed by atoms with Crippen LogP contribution in [0.15, 0.2) is 48.9 Å². The lowest BCUT2D eigenvalue weighted by Gasteiger charge is -2.24. The fourth-order valence-electron chi connectivity index (χ4n) is 3.35. The van der Waals surface area contributed by atoms with E-state index in [9.17, 15) is 9.18 Å². The summed E-state index contributed by atoms with van der Waals surface area (Å²) in [5.74, 6) is -0.549. The molecule has 0 fully saturated rings. The second-order valence-electron chi connectivity index (χ2n) is 6.41.